The molecule has 0 bridgehead atoms. The molecule has 0 unspecified atom stereocenters. The molecule has 2 N–H and O–H groups in total. The lowest BCUT2D eigenvalue weighted by atomic mass is 10.1. The first-order chi connectivity index (χ1) is 9.26. The molecule has 1 amide bonds. The zero-order chi connectivity index (χ0) is 14.9. The summed E-state index contributed by atoms with van der Waals surface area (Å²) < 4.78 is 36.5. The molecule has 1 saturated carbocycles. The molecule has 2 atom stereocenters. The summed E-state index contributed by atoms with van der Waals surface area (Å²) in [5.41, 5.74) is 0.460. The lowest BCUT2D eigenvalue weighted by Gasteiger charge is -2.08. The van der Waals surface area contributed by atoms with Gasteiger partial charge in [-0.1, -0.05) is 12.1 Å². The van der Waals surface area contributed by atoms with Gasteiger partial charge in [0.2, 0.25) is 5.91 Å². The molecule has 1 aliphatic carbocycles. The summed E-state index contributed by atoms with van der Waals surface area (Å²) in [5.74, 6) is -2.63. The summed E-state index contributed by atoms with van der Waals surface area (Å²) >= 11 is 0. The zero-order valence-corrected chi connectivity index (χ0v) is 10.3. The summed E-state index contributed by atoms with van der Waals surface area (Å²) in [7, 11) is 0. The van der Waals surface area contributed by atoms with Crippen LogP contribution >= 0.6 is 0 Å². The molecule has 0 radical (unpaired) electrons. The van der Waals surface area contributed by atoms with E-state index in [0.29, 0.717) is 12.1 Å². The van der Waals surface area contributed by atoms with Crippen LogP contribution in [0.2, 0.25) is 0 Å². The fraction of sp³-hybridized carbons (Fsp3) is 0.385. The molecule has 0 spiro atoms. The second kappa shape index (κ2) is 5.15. The van der Waals surface area contributed by atoms with Gasteiger partial charge in [0.25, 0.3) is 0 Å². The molecular formula is C13H12F3NO3. The number of amides is 1. The topological polar surface area (TPSA) is 66.4 Å². The molecule has 1 aromatic rings. The highest BCUT2D eigenvalue weighted by Crippen LogP contribution is 2.39. The van der Waals surface area contributed by atoms with Gasteiger partial charge in [-0.15, -0.1) is 0 Å². The number of carbonyl (C=O) groups excluding carboxylic acids is 1. The van der Waals surface area contributed by atoms with Gasteiger partial charge in [-0.25, -0.2) is 0 Å². The fourth-order valence-corrected chi connectivity index (χ4v) is 1.93. The highest BCUT2D eigenvalue weighted by molar-refractivity contribution is 5.98. The van der Waals surface area contributed by atoms with E-state index in [9.17, 15) is 22.8 Å². The molecule has 7 heteroatoms. The Hall–Kier alpha value is -2.05. The van der Waals surface area contributed by atoms with Gasteiger partial charge in [-0.3, -0.25) is 9.59 Å². The van der Waals surface area contributed by atoms with Crippen LogP contribution in [0.3, 0.4) is 0 Å². The van der Waals surface area contributed by atoms with Crippen molar-refractivity contribution in [3.8, 4) is 0 Å². The molecule has 2 rings (SSSR count). The number of hydrogen-bond acceptors (Lipinski definition) is 2. The van der Waals surface area contributed by atoms with Crippen molar-refractivity contribution in [3.05, 3.63) is 29.8 Å². The number of carboxylic acids is 1. The van der Waals surface area contributed by atoms with E-state index in [0.717, 1.165) is 0 Å². The maximum Gasteiger partial charge on any atom is 0.393 e. The van der Waals surface area contributed by atoms with Crippen molar-refractivity contribution >= 4 is 17.6 Å². The molecule has 108 valence electrons. The molecule has 1 aromatic carbocycles. The minimum absolute atomic E-state index is 0.102. The number of hydrogen-bond donors (Lipinski definition) is 2. The maximum atomic E-state index is 12.2. The summed E-state index contributed by atoms with van der Waals surface area (Å²) in [6, 6.07) is 5.31. The first-order valence-corrected chi connectivity index (χ1v) is 5.95. The first-order valence-electron chi connectivity index (χ1n) is 5.95. The summed E-state index contributed by atoms with van der Waals surface area (Å²) in [5, 5.41) is 11.2. The monoisotopic (exact) mass is 287 g/mol. The number of aliphatic carboxylic acids is 1. The van der Waals surface area contributed by atoms with Gasteiger partial charge in [-0.05, 0) is 24.1 Å². The van der Waals surface area contributed by atoms with E-state index in [1.54, 1.807) is 0 Å². The van der Waals surface area contributed by atoms with E-state index in [2.05, 4.69) is 5.32 Å². The number of carbonyl (C=O) groups is 2. The van der Waals surface area contributed by atoms with Crippen LogP contribution in [0.4, 0.5) is 18.9 Å². The third-order valence-corrected chi connectivity index (χ3v) is 3.07. The van der Waals surface area contributed by atoms with Crippen LogP contribution in [-0.4, -0.2) is 23.2 Å². The number of nitrogens with one attached hydrogen (secondary N) is 1. The van der Waals surface area contributed by atoms with E-state index >= 15 is 0 Å². The van der Waals surface area contributed by atoms with E-state index in [-0.39, 0.29) is 5.56 Å². The Bertz CT molecular complexity index is 525. The van der Waals surface area contributed by atoms with Gasteiger partial charge in [0.05, 0.1) is 18.3 Å². The van der Waals surface area contributed by atoms with E-state index in [1.807, 2.05) is 0 Å². The largest absolute Gasteiger partial charge is 0.481 e. The molecule has 4 nitrogen and oxygen atoms in total. The van der Waals surface area contributed by atoms with Crippen molar-refractivity contribution in [3.63, 3.8) is 0 Å². The lowest BCUT2D eigenvalue weighted by molar-refractivity contribution is -0.139. The van der Waals surface area contributed by atoms with E-state index in [1.165, 1.54) is 24.3 Å². The summed E-state index contributed by atoms with van der Waals surface area (Å²) in [6.07, 6.45) is -4.99. The summed E-state index contributed by atoms with van der Waals surface area (Å²) in [6.45, 7) is 0. The van der Waals surface area contributed by atoms with Gasteiger partial charge >= 0.3 is 12.1 Å². The molecule has 0 heterocycles. The Morgan fingerprint density at radius 2 is 1.80 bits per heavy atom. The number of anilines is 1. The number of alkyl halides is 3. The minimum Gasteiger partial charge on any atom is -0.481 e. The second-order valence-corrected chi connectivity index (χ2v) is 4.77. The average molecular weight is 287 g/mol. The van der Waals surface area contributed by atoms with Crippen LogP contribution in [0.25, 0.3) is 0 Å². The Morgan fingerprint density at radius 1 is 1.20 bits per heavy atom. The molecule has 1 fully saturated rings. The zero-order valence-electron chi connectivity index (χ0n) is 10.3. The summed E-state index contributed by atoms with van der Waals surface area (Å²) in [4.78, 5) is 22.3. The third-order valence-electron chi connectivity index (χ3n) is 3.07. The van der Waals surface area contributed by atoms with Crippen molar-refractivity contribution in [1.82, 2.24) is 0 Å². The molecule has 0 saturated heterocycles. The Labute approximate surface area is 112 Å². The number of benzene rings is 1. The van der Waals surface area contributed by atoms with Crippen molar-refractivity contribution < 1.29 is 27.9 Å². The van der Waals surface area contributed by atoms with Gasteiger partial charge in [0.15, 0.2) is 0 Å². The van der Waals surface area contributed by atoms with Crippen LogP contribution in [0.15, 0.2) is 24.3 Å². The third kappa shape index (κ3) is 3.72. The number of rotatable bonds is 4. The highest BCUT2D eigenvalue weighted by Gasteiger charge is 2.48. The lowest BCUT2D eigenvalue weighted by Crippen LogP contribution is -2.17. The van der Waals surface area contributed by atoms with E-state index in [4.69, 9.17) is 5.11 Å². The molecule has 1 aliphatic rings. The second-order valence-electron chi connectivity index (χ2n) is 4.77. The number of halogens is 3. The highest BCUT2D eigenvalue weighted by atomic mass is 19.4. The quantitative estimate of drug-likeness (QED) is 0.894. The average Bonchev–Trinajstić information content (AvgIpc) is 3.09. The Kier molecular flexibility index (Phi) is 3.69. The standard InChI is InChI=1S/C13H12F3NO3/c14-13(15,16)6-7-1-3-8(4-2-7)17-11(18)9-5-10(9)12(19)20/h1-4,9-10H,5-6H2,(H,17,18)(H,19,20)/t9-,10+/m1/s1. The molecule has 20 heavy (non-hydrogen) atoms. The van der Waals surface area contributed by atoms with Crippen LogP contribution in [0.5, 0.6) is 0 Å². The van der Waals surface area contributed by atoms with Crippen molar-refractivity contribution in [1.29, 1.82) is 0 Å². The van der Waals surface area contributed by atoms with Crippen molar-refractivity contribution in [2.24, 2.45) is 11.8 Å². The predicted molar refractivity (Wildman–Crippen MR) is 64.1 cm³/mol. The van der Waals surface area contributed by atoms with Crippen LogP contribution < -0.4 is 5.32 Å². The van der Waals surface area contributed by atoms with Gasteiger partial charge in [-0.2, -0.15) is 13.2 Å². The van der Waals surface area contributed by atoms with Crippen LogP contribution in [-0.2, 0) is 16.0 Å². The van der Waals surface area contributed by atoms with Crippen molar-refractivity contribution in [2.45, 2.75) is 19.0 Å². The van der Waals surface area contributed by atoms with Crippen LogP contribution in [0.1, 0.15) is 12.0 Å². The normalized spacial score (nSPS) is 21.4. The molecule has 0 aliphatic heterocycles. The molecular weight excluding hydrogens is 275 g/mol. The predicted octanol–water partition coefficient (Wildman–Crippen LogP) is 2.45. The fourth-order valence-electron chi connectivity index (χ4n) is 1.93. The first kappa shape index (κ1) is 14.4. The smallest absolute Gasteiger partial charge is 0.393 e. The molecule has 0 aromatic heterocycles. The van der Waals surface area contributed by atoms with Crippen molar-refractivity contribution in [2.75, 3.05) is 5.32 Å². The Morgan fingerprint density at radius 3 is 2.25 bits per heavy atom. The van der Waals surface area contributed by atoms with Crippen LogP contribution in [0, 0.1) is 11.8 Å². The van der Waals surface area contributed by atoms with Gasteiger partial charge < -0.3 is 10.4 Å². The number of carboxylic acid groups (broad SMARTS) is 1. The Balaban J connectivity index is 1.91. The minimum atomic E-state index is -4.27. The van der Waals surface area contributed by atoms with Gasteiger partial charge in [0.1, 0.15) is 0 Å². The van der Waals surface area contributed by atoms with Gasteiger partial charge in [0, 0.05) is 5.69 Å². The van der Waals surface area contributed by atoms with E-state index < -0.39 is 36.3 Å². The SMILES string of the molecule is O=C(O)[C@H]1C[C@H]1C(=O)Nc1ccc(CC(F)(F)F)cc1. The maximum absolute atomic E-state index is 12.2.